The van der Waals surface area contributed by atoms with Crippen LogP contribution in [0.25, 0.3) is 0 Å². The molecular formula is C31H40O3Si. The van der Waals surface area contributed by atoms with Crippen LogP contribution >= 0.6 is 0 Å². The highest BCUT2D eigenvalue weighted by atomic mass is 28.4. The second kappa shape index (κ2) is 12.4. The zero-order valence-electron chi connectivity index (χ0n) is 21.7. The molecule has 0 aromatic heterocycles. The number of carbonyl (C=O) groups is 1. The van der Waals surface area contributed by atoms with E-state index in [2.05, 4.69) is 107 Å². The first-order valence-corrected chi connectivity index (χ1v) is 14.6. The lowest BCUT2D eigenvalue weighted by molar-refractivity contribution is -0.104. The van der Waals surface area contributed by atoms with E-state index in [1.54, 1.807) is 0 Å². The minimum atomic E-state index is -2.63. The van der Waals surface area contributed by atoms with Gasteiger partial charge < -0.3 is 9.16 Å². The Morgan fingerprint density at radius 1 is 1.09 bits per heavy atom. The van der Waals surface area contributed by atoms with Crippen molar-refractivity contribution < 1.29 is 14.0 Å². The molecule has 1 aliphatic rings. The summed E-state index contributed by atoms with van der Waals surface area (Å²) >= 11 is 0. The highest BCUT2D eigenvalue weighted by molar-refractivity contribution is 6.99. The van der Waals surface area contributed by atoms with Crippen LogP contribution in [-0.4, -0.2) is 32.9 Å². The molecule has 1 heterocycles. The summed E-state index contributed by atoms with van der Waals surface area (Å²) < 4.78 is 13.6. The highest BCUT2D eigenvalue weighted by Crippen LogP contribution is 2.39. The Bertz CT molecular complexity index is 965. The summed E-state index contributed by atoms with van der Waals surface area (Å²) in [4.78, 5) is 10.7. The smallest absolute Gasteiger partial charge is 0.261 e. The average Bonchev–Trinajstić information content (AvgIpc) is 3.21. The predicted molar refractivity (Wildman–Crippen MR) is 149 cm³/mol. The van der Waals surface area contributed by atoms with Gasteiger partial charge in [0.05, 0.1) is 12.2 Å². The lowest BCUT2D eigenvalue weighted by Crippen LogP contribution is -2.67. The standard InChI is InChI=1S/C31H40O3Si/c1-6-7-15-26(21-22-30-25(2)24-27(33-30)16-14-23-32)34-35(31(3,4)5,28-17-10-8-11-18-28)29-19-12-9-13-20-29/h6-14,16-20,23,26-27,30H,2,15,21-22,24H2,1,3-5H3/b7-6+,16-14+. The van der Waals surface area contributed by atoms with Crippen LogP contribution in [0.5, 0.6) is 0 Å². The van der Waals surface area contributed by atoms with Gasteiger partial charge >= 0.3 is 0 Å². The van der Waals surface area contributed by atoms with Crippen molar-refractivity contribution in [2.24, 2.45) is 0 Å². The SMILES string of the molecule is C=C1CC(/C=C/C=O)OC1CCC(C/C=C/C)O[Si](c1ccccc1)(c1ccccc1)C(C)(C)C. The van der Waals surface area contributed by atoms with E-state index in [9.17, 15) is 4.79 Å². The molecule has 0 bridgehead atoms. The maximum Gasteiger partial charge on any atom is 0.261 e. The molecule has 1 saturated heterocycles. The topological polar surface area (TPSA) is 35.5 Å². The number of benzene rings is 2. The number of hydrogen-bond acceptors (Lipinski definition) is 3. The number of hydrogen-bond donors (Lipinski definition) is 0. The van der Waals surface area contributed by atoms with E-state index in [1.165, 1.54) is 16.4 Å². The first kappa shape index (κ1) is 27.1. The van der Waals surface area contributed by atoms with Crippen LogP contribution in [0.15, 0.2) is 97.1 Å². The van der Waals surface area contributed by atoms with Crippen molar-refractivity contribution in [1.29, 1.82) is 0 Å². The van der Waals surface area contributed by atoms with Crippen molar-refractivity contribution in [3.63, 3.8) is 0 Å². The van der Waals surface area contributed by atoms with Gasteiger partial charge in [-0.15, -0.1) is 0 Å². The summed E-state index contributed by atoms with van der Waals surface area (Å²) in [7, 11) is -2.63. The second-order valence-corrected chi connectivity index (χ2v) is 14.6. The van der Waals surface area contributed by atoms with Crippen LogP contribution in [0.1, 0.15) is 53.4 Å². The van der Waals surface area contributed by atoms with Crippen LogP contribution in [0.4, 0.5) is 0 Å². The molecule has 0 amide bonds. The van der Waals surface area contributed by atoms with Crippen LogP contribution in [-0.2, 0) is 14.0 Å². The number of allylic oxidation sites excluding steroid dienone is 2. The summed E-state index contributed by atoms with van der Waals surface area (Å²) in [6.45, 7) is 13.3. The molecule has 3 rings (SSSR count). The Morgan fingerprint density at radius 3 is 2.20 bits per heavy atom. The Labute approximate surface area is 212 Å². The van der Waals surface area contributed by atoms with Gasteiger partial charge in [-0.25, -0.2) is 0 Å². The van der Waals surface area contributed by atoms with Gasteiger partial charge in [0.1, 0.15) is 6.29 Å². The molecule has 4 heteroatoms. The lowest BCUT2D eigenvalue weighted by Gasteiger charge is -2.45. The Morgan fingerprint density at radius 2 is 1.69 bits per heavy atom. The molecule has 35 heavy (non-hydrogen) atoms. The van der Waals surface area contributed by atoms with Crippen molar-refractivity contribution in [3.05, 3.63) is 97.1 Å². The maximum absolute atomic E-state index is 10.7. The quantitative estimate of drug-likeness (QED) is 0.165. The summed E-state index contributed by atoms with van der Waals surface area (Å²) in [6.07, 6.45) is 11.8. The first-order valence-electron chi connectivity index (χ1n) is 12.7. The van der Waals surface area contributed by atoms with Crippen molar-refractivity contribution in [1.82, 2.24) is 0 Å². The van der Waals surface area contributed by atoms with Crippen molar-refractivity contribution in [3.8, 4) is 0 Å². The summed E-state index contributed by atoms with van der Waals surface area (Å²) in [6, 6.07) is 21.6. The van der Waals surface area contributed by atoms with E-state index in [1.807, 2.05) is 6.08 Å². The van der Waals surface area contributed by atoms with Crippen molar-refractivity contribution in [2.75, 3.05) is 0 Å². The molecule has 186 valence electrons. The molecule has 0 radical (unpaired) electrons. The third-order valence-corrected chi connectivity index (χ3v) is 11.9. The van der Waals surface area contributed by atoms with Gasteiger partial charge in [-0.1, -0.05) is 106 Å². The van der Waals surface area contributed by atoms with Crippen LogP contribution in [0, 0.1) is 0 Å². The third kappa shape index (κ3) is 6.57. The van der Waals surface area contributed by atoms with Gasteiger partial charge in [0.2, 0.25) is 0 Å². The molecule has 3 unspecified atom stereocenters. The van der Waals surface area contributed by atoms with Gasteiger partial charge in [0.15, 0.2) is 0 Å². The minimum Gasteiger partial charge on any atom is -0.404 e. The van der Waals surface area contributed by atoms with Crippen molar-refractivity contribution >= 4 is 25.0 Å². The van der Waals surface area contributed by atoms with Gasteiger partial charge in [-0.05, 0) is 53.2 Å². The monoisotopic (exact) mass is 488 g/mol. The molecule has 3 nitrogen and oxygen atoms in total. The van der Waals surface area contributed by atoms with Gasteiger partial charge in [0.25, 0.3) is 8.32 Å². The molecule has 0 saturated carbocycles. The molecule has 2 aromatic carbocycles. The molecule has 1 aliphatic heterocycles. The molecule has 0 N–H and O–H groups in total. The normalized spacial score (nSPS) is 20.1. The molecule has 0 aliphatic carbocycles. The molecule has 1 fully saturated rings. The summed E-state index contributed by atoms with van der Waals surface area (Å²) in [5.41, 5.74) is 1.10. The number of ether oxygens (including phenoxy) is 1. The molecule has 3 atom stereocenters. The second-order valence-electron chi connectivity index (χ2n) is 10.3. The summed E-state index contributed by atoms with van der Waals surface area (Å²) in [5.74, 6) is 0. The number of carbonyl (C=O) groups excluding carboxylic acids is 1. The van der Waals surface area contributed by atoms with Gasteiger partial charge in [0, 0.05) is 12.5 Å². The maximum atomic E-state index is 10.7. The lowest BCUT2D eigenvalue weighted by atomic mass is 10.0. The number of rotatable bonds is 11. The first-order chi connectivity index (χ1) is 16.8. The van der Waals surface area contributed by atoms with Gasteiger partial charge in [-0.3, -0.25) is 4.79 Å². The van der Waals surface area contributed by atoms with E-state index in [0.29, 0.717) is 0 Å². The van der Waals surface area contributed by atoms with E-state index in [4.69, 9.17) is 9.16 Å². The van der Waals surface area contributed by atoms with E-state index in [0.717, 1.165) is 37.5 Å². The largest absolute Gasteiger partial charge is 0.404 e. The fourth-order valence-electron chi connectivity index (χ4n) is 5.09. The zero-order valence-corrected chi connectivity index (χ0v) is 22.7. The van der Waals surface area contributed by atoms with Crippen LogP contribution in [0.2, 0.25) is 5.04 Å². The Balaban J connectivity index is 1.92. The van der Waals surface area contributed by atoms with Crippen LogP contribution < -0.4 is 10.4 Å². The highest BCUT2D eigenvalue weighted by Gasteiger charge is 2.51. The molecular weight excluding hydrogens is 448 g/mol. The zero-order chi connectivity index (χ0) is 25.3. The summed E-state index contributed by atoms with van der Waals surface area (Å²) in [5, 5.41) is 2.52. The third-order valence-electron chi connectivity index (χ3n) is 6.81. The fourth-order valence-corrected chi connectivity index (χ4v) is 9.82. The van der Waals surface area contributed by atoms with E-state index >= 15 is 0 Å². The average molecular weight is 489 g/mol. The molecule has 2 aromatic rings. The van der Waals surface area contributed by atoms with E-state index < -0.39 is 8.32 Å². The van der Waals surface area contributed by atoms with Gasteiger partial charge in [-0.2, -0.15) is 0 Å². The number of aldehydes is 1. The Hall–Kier alpha value is -2.53. The minimum absolute atomic E-state index is 0.00726. The Kier molecular flexibility index (Phi) is 9.61. The predicted octanol–water partition coefficient (Wildman–Crippen LogP) is 6.15. The van der Waals surface area contributed by atoms with Crippen molar-refractivity contribution in [2.45, 2.75) is 76.7 Å². The van der Waals surface area contributed by atoms with E-state index in [-0.39, 0.29) is 23.4 Å². The van der Waals surface area contributed by atoms with Crippen LogP contribution in [0.3, 0.4) is 0 Å². The molecule has 0 spiro atoms. The fraction of sp³-hybridized carbons (Fsp3) is 0.387.